The van der Waals surface area contributed by atoms with Crippen molar-refractivity contribution in [1.29, 1.82) is 0 Å². The molecular weight excluding hydrogens is 121 g/mol. The Morgan fingerprint density at radius 2 is 2.33 bits per heavy atom. The fraction of sp³-hybridized carbons (Fsp3) is 0.167. The maximum absolute atomic E-state index is 12.1. The summed E-state index contributed by atoms with van der Waals surface area (Å²) in [6, 6.07) is 0. The minimum absolute atomic E-state index is 0.574. The van der Waals surface area contributed by atoms with E-state index in [1.807, 2.05) is 0 Å². The van der Waals surface area contributed by atoms with Gasteiger partial charge in [0.1, 0.15) is 12.0 Å². The van der Waals surface area contributed by atoms with Gasteiger partial charge >= 0.3 is 0 Å². The zero-order valence-electron chi connectivity index (χ0n) is 5.08. The molecule has 0 saturated heterocycles. The van der Waals surface area contributed by atoms with Crippen LogP contribution in [0.3, 0.4) is 0 Å². The summed E-state index contributed by atoms with van der Waals surface area (Å²) < 4.78 is 12.1. The average Bonchev–Trinajstić information content (AvgIpc) is 1.85. The van der Waals surface area contributed by atoms with Gasteiger partial charge in [-0.15, -0.1) is 0 Å². The van der Waals surface area contributed by atoms with Crippen molar-refractivity contribution in [2.24, 2.45) is 5.16 Å². The minimum Gasteiger partial charge on any atom is -0.411 e. The molecule has 0 heterocycles. The van der Waals surface area contributed by atoms with Crippen LogP contribution in [0.4, 0.5) is 4.39 Å². The first kappa shape index (κ1) is 7.88. The molecule has 0 rings (SSSR count). The van der Waals surface area contributed by atoms with Crippen molar-refractivity contribution < 1.29 is 9.60 Å². The van der Waals surface area contributed by atoms with Crippen molar-refractivity contribution in [2.75, 3.05) is 0 Å². The normalized spacial score (nSPS) is 13.8. The van der Waals surface area contributed by atoms with E-state index in [0.29, 0.717) is 0 Å². The van der Waals surface area contributed by atoms with E-state index in [2.05, 4.69) is 5.16 Å². The molecule has 9 heavy (non-hydrogen) atoms. The molecule has 0 spiro atoms. The molecule has 0 unspecified atom stereocenters. The van der Waals surface area contributed by atoms with E-state index in [0.717, 1.165) is 6.21 Å². The molecule has 0 saturated carbocycles. The SMILES string of the molecule is C\C=C/C=C(F)\C=N\O. The van der Waals surface area contributed by atoms with Gasteiger partial charge < -0.3 is 5.21 Å². The Balaban J connectivity index is 3.84. The lowest BCUT2D eigenvalue weighted by atomic mass is 10.4. The Hall–Kier alpha value is -1.12. The molecule has 2 nitrogen and oxygen atoms in total. The summed E-state index contributed by atoms with van der Waals surface area (Å²) in [6.07, 6.45) is 5.10. The standard InChI is InChI=1S/C6H8FNO/c1-2-3-4-6(7)5-8-9/h2-5,9H,1H3/b3-2-,6-4+,8-5+. The van der Waals surface area contributed by atoms with Crippen LogP contribution in [-0.4, -0.2) is 11.4 Å². The molecule has 0 fully saturated rings. The highest BCUT2D eigenvalue weighted by molar-refractivity contribution is 5.75. The van der Waals surface area contributed by atoms with Gasteiger partial charge in [-0.05, 0) is 13.0 Å². The summed E-state index contributed by atoms with van der Waals surface area (Å²) in [5.74, 6) is -0.574. The molecule has 1 N–H and O–H groups in total. The number of hydrogen-bond acceptors (Lipinski definition) is 2. The van der Waals surface area contributed by atoms with E-state index >= 15 is 0 Å². The fourth-order valence-electron chi connectivity index (χ4n) is 0.286. The van der Waals surface area contributed by atoms with Gasteiger partial charge in [0.15, 0.2) is 0 Å². The van der Waals surface area contributed by atoms with Crippen molar-refractivity contribution in [1.82, 2.24) is 0 Å². The Bertz CT molecular complexity index is 149. The highest BCUT2D eigenvalue weighted by atomic mass is 19.1. The lowest BCUT2D eigenvalue weighted by Gasteiger charge is -1.77. The summed E-state index contributed by atoms with van der Waals surface area (Å²) >= 11 is 0. The van der Waals surface area contributed by atoms with Gasteiger partial charge in [0.05, 0.1) is 0 Å². The summed E-state index contributed by atoms with van der Waals surface area (Å²) in [5, 5.41) is 10.3. The van der Waals surface area contributed by atoms with Crippen LogP contribution in [0.1, 0.15) is 6.92 Å². The molecule has 0 bridgehead atoms. The van der Waals surface area contributed by atoms with E-state index in [1.54, 1.807) is 13.0 Å². The third-order valence-electron chi connectivity index (χ3n) is 0.629. The second-order valence-corrected chi connectivity index (χ2v) is 1.32. The number of nitrogens with zero attached hydrogens (tertiary/aromatic N) is 1. The van der Waals surface area contributed by atoms with Crippen LogP contribution < -0.4 is 0 Å². The topological polar surface area (TPSA) is 32.6 Å². The van der Waals surface area contributed by atoms with Crippen LogP contribution in [0.15, 0.2) is 29.2 Å². The van der Waals surface area contributed by atoms with Crippen LogP contribution in [0, 0.1) is 0 Å². The quantitative estimate of drug-likeness (QED) is 0.262. The summed E-state index contributed by atoms with van der Waals surface area (Å²) in [4.78, 5) is 0. The smallest absolute Gasteiger partial charge is 0.144 e. The predicted molar refractivity (Wildman–Crippen MR) is 34.3 cm³/mol. The lowest BCUT2D eigenvalue weighted by molar-refractivity contribution is 0.320. The molecule has 0 radical (unpaired) electrons. The predicted octanol–water partition coefficient (Wildman–Crippen LogP) is 1.88. The number of rotatable bonds is 2. The lowest BCUT2D eigenvalue weighted by Crippen LogP contribution is -1.71. The van der Waals surface area contributed by atoms with Crippen molar-refractivity contribution in [2.45, 2.75) is 6.92 Å². The fourth-order valence-corrected chi connectivity index (χ4v) is 0.286. The second kappa shape index (κ2) is 5.03. The summed E-state index contributed by atoms with van der Waals surface area (Å²) in [6.45, 7) is 1.76. The number of oxime groups is 1. The molecular formula is C6H8FNO. The van der Waals surface area contributed by atoms with E-state index in [-0.39, 0.29) is 0 Å². The van der Waals surface area contributed by atoms with Crippen LogP contribution in [0.5, 0.6) is 0 Å². The number of hydrogen-bond donors (Lipinski definition) is 1. The Morgan fingerprint density at radius 1 is 1.67 bits per heavy atom. The molecule has 50 valence electrons. The average molecular weight is 129 g/mol. The summed E-state index contributed by atoms with van der Waals surface area (Å²) in [7, 11) is 0. The monoisotopic (exact) mass is 129 g/mol. The first-order valence-corrected chi connectivity index (χ1v) is 2.47. The van der Waals surface area contributed by atoms with Gasteiger partial charge in [-0.25, -0.2) is 4.39 Å². The van der Waals surface area contributed by atoms with Gasteiger partial charge in [-0.2, -0.15) is 0 Å². The molecule has 3 heteroatoms. The molecule has 0 atom stereocenters. The van der Waals surface area contributed by atoms with Gasteiger partial charge in [0.25, 0.3) is 0 Å². The maximum Gasteiger partial charge on any atom is 0.144 e. The largest absolute Gasteiger partial charge is 0.411 e. The third kappa shape index (κ3) is 4.74. The zero-order chi connectivity index (χ0) is 7.11. The maximum atomic E-state index is 12.1. The van der Waals surface area contributed by atoms with Gasteiger partial charge in [0, 0.05) is 0 Å². The molecule has 0 aromatic carbocycles. The Kier molecular flexibility index (Phi) is 4.40. The number of halogens is 1. The van der Waals surface area contributed by atoms with Crippen LogP contribution in [0.25, 0.3) is 0 Å². The van der Waals surface area contributed by atoms with E-state index in [4.69, 9.17) is 5.21 Å². The van der Waals surface area contributed by atoms with Crippen molar-refractivity contribution in [3.05, 3.63) is 24.1 Å². The zero-order valence-corrected chi connectivity index (χ0v) is 5.08. The van der Waals surface area contributed by atoms with E-state index in [9.17, 15) is 4.39 Å². The van der Waals surface area contributed by atoms with Crippen LogP contribution in [0.2, 0.25) is 0 Å². The van der Waals surface area contributed by atoms with Gasteiger partial charge in [0.2, 0.25) is 0 Å². The first-order chi connectivity index (χ1) is 4.31. The highest BCUT2D eigenvalue weighted by Crippen LogP contribution is 1.90. The molecule has 0 aliphatic heterocycles. The first-order valence-electron chi connectivity index (χ1n) is 2.47. The van der Waals surface area contributed by atoms with Gasteiger partial charge in [-0.3, -0.25) is 0 Å². The molecule has 0 aliphatic carbocycles. The molecule has 0 aromatic rings. The van der Waals surface area contributed by atoms with E-state index in [1.165, 1.54) is 12.2 Å². The Labute approximate surface area is 53.0 Å². The third-order valence-corrected chi connectivity index (χ3v) is 0.629. The van der Waals surface area contributed by atoms with Crippen molar-refractivity contribution >= 4 is 6.21 Å². The molecule has 0 aromatic heterocycles. The van der Waals surface area contributed by atoms with E-state index < -0.39 is 5.83 Å². The Morgan fingerprint density at radius 3 is 2.78 bits per heavy atom. The summed E-state index contributed by atoms with van der Waals surface area (Å²) in [5.41, 5.74) is 0. The second-order valence-electron chi connectivity index (χ2n) is 1.32. The molecule has 0 aliphatic rings. The highest BCUT2D eigenvalue weighted by Gasteiger charge is 1.81. The van der Waals surface area contributed by atoms with Gasteiger partial charge in [-0.1, -0.05) is 17.3 Å². The van der Waals surface area contributed by atoms with Crippen molar-refractivity contribution in [3.63, 3.8) is 0 Å². The van der Waals surface area contributed by atoms with Crippen molar-refractivity contribution in [3.8, 4) is 0 Å². The minimum atomic E-state index is -0.574. The van der Waals surface area contributed by atoms with Crippen LogP contribution in [-0.2, 0) is 0 Å². The molecule has 0 amide bonds. The number of allylic oxidation sites excluding steroid dienone is 4. The van der Waals surface area contributed by atoms with Crippen LogP contribution >= 0.6 is 0 Å².